The standard InChI is InChI=1S/C23H28N2O3/c1-2-28-23(27)20-12-8-14-25(16-20)17-22(26)24-21-13-7-6-11-19(21)15-18-9-4-3-5-10-18/h3-7,9-11,13,20H,2,8,12,14-17H2,1H3,(H,24,26). The summed E-state index contributed by atoms with van der Waals surface area (Å²) in [6.45, 7) is 3.91. The molecule has 0 bridgehead atoms. The quantitative estimate of drug-likeness (QED) is 0.747. The first kappa shape index (κ1) is 20.1. The van der Waals surface area contributed by atoms with Crippen LogP contribution in [0.4, 0.5) is 5.69 Å². The Morgan fingerprint density at radius 2 is 1.86 bits per heavy atom. The molecule has 1 heterocycles. The second-order valence-corrected chi connectivity index (χ2v) is 7.19. The van der Waals surface area contributed by atoms with Crippen LogP contribution in [0.15, 0.2) is 54.6 Å². The molecular weight excluding hydrogens is 352 g/mol. The molecule has 0 aromatic heterocycles. The Kier molecular flexibility index (Phi) is 7.20. The van der Waals surface area contributed by atoms with Crippen molar-refractivity contribution in [3.05, 3.63) is 65.7 Å². The number of ether oxygens (including phenoxy) is 1. The molecule has 1 saturated heterocycles. The molecule has 5 heteroatoms. The third-order valence-corrected chi connectivity index (χ3v) is 5.02. The first-order valence-corrected chi connectivity index (χ1v) is 9.96. The number of anilines is 1. The van der Waals surface area contributed by atoms with E-state index in [1.807, 2.05) is 54.3 Å². The highest BCUT2D eigenvalue weighted by atomic mass is 16.5. The summed E-state index contributed by atoms with van der Waals surface area (Å²) in [5, 5.41) is 3.05. The number of benzene rings is 2. The van der Waals surface area contributed by atoms with Gasteiger partial charge in [0.2, 0.25) is 5.91 Å². The lowest BCUT2D eigenvalue weighted by molar-refractivity contribution is -0.150. The molecule has 1 N–H and O–H groups in total. The van der Waals surface area contributed by atoms with Crippen LogP contribution < -0.4 is 5.32 Å². The van der Waals surface area contributed by atoms with Crippen LogP contribution in [0.1, 0.15) is 30.9 Å². The minimum Gasteiger partial charge on any atom is -0.466 e. The summed E-state index contributed by atoms with van der Waals surface area (Å²) >= 11 is 0. The van der Waals surface area contributed by atoms with Gasteiger partial charge in [0, 0.05) is 12.2 Å². The van der Waals surface area contributed by atoms with E-state index in [1.165, 1.54) is 5.56 Å². The van der Waals surface area contributed by atoms with E-state index in [0.717, 1.165) is 37.1 Å². The van der Waals surface area contributed by atoms with Crippen molar-refractivity contribution >= 4 is 17.6 Å². The zero-order valence-corrected chi connectivity index (χ0v) is 16.4. The van der Waals surface area contributed by atoms with E-state index in [-0.39, 0.29) is 24.3 Å². The van der Waals surface area contributed by atoms with Crippen molar-refractivity contribution in [1.29, 1.82) is 0 Å². The first-order valence-electron chi connectivity index (χ1n) is 9.96. The number of nitrogens with zero attached hydrogens (tertiary/aromatic N) is 1. The van der Waals surface area contributed by atoms with Crippen molar-refractivity contribution in [3.8, 4) is 0 Å². The van der Waals surface area contributed by atoms with E-state index >= 15 is 0 Å². The minimum atomic E-state index is -0.152. The fourth-order valence-electron chi connectivity index (χ4n) is 3.66. The number of hydrogen-bond donors (Lipinski definition) is 1. The monoisotopic (exact) mass is 380 g/mol. The predicted molar refractivity (Wildman–Crippen MR) is 110 cm³/mol. The topological polar surface area (TPSA) is 58.6 Å². The molecule has 1 fully saturated rings. The highest BCUT2D eigenvalue weighted by Crippen LogP contribution is 2.20. The fourth-order valence-corrected chi connectivity index (χ4v) is 3.66. The van der Waals surface area contributed by atoms with Gasteiger partial charge in [0.1, 0.15) is 0 Å². The van der Waals surface area contributed by atoms with Gasteiger partial charge >= 0.3 is 5.97 Å². The molecule has 28 heavy (non-hydrogen) atoms. The van der Waals surface area contributed by atoms with Crippen molar-refractivity contribution < 1.29 is 14.3 Å². The summed E-state index contributed by atoms with van der Waals surface area (Å²) in [6, 6.07) is 18.1. The molecule has 0 saturated carbocycles. The summed E-state index contributed by atoms with van der Waals surface area (Å²) in [6.07, 6.45) is 2.50. The summed E-state index contributed by atoms with van der Waals surface area (Å²) in [7, 11) is 0. The van der Waals surface area contributed by atoms with E-state index in [9.17, 15) is 9.59 Å². The van der Waals surface area contributed by atoms with Crippen LogP contribution >= 0.6 is 0 Å². The molecule has 0 spiro atoms. The zero-order chi connectivity index (χ0) is 19.8. The van der Waals surface area contributed by atoms with Crippen LogP contribution in [0.3, 0.4) is 0 Å². The maximum absolute atomic E-state index is 12.6. The largest absolute Gasteiger partial charge is 0.466 e. The molecule has 0 radical (unpaired) electrons. The van der Waals surface area contributed by atoms with Gasteiger partial charge in [-0.15, -0.1) is 0 Å². The number of para-hydroxylation sites is 1. The molecule has 2 aromatic carbocycles. The highest BCUT2D eigenvalue weighted by molar-refractivity contribution is 5.93. The predicted octanol–water partition coefficient (Wildman–Crippen LogP) is 3.49. The zero-order valence-electron chi connectivity index (χ0n) is 16.4. The maximum atomic E-state index is 12.6. The molecule has 1 amide bonds. The van der Waals surface area contributed by atoms with Gasteiger partial charge in [-0.1, -0.05) is 48.5 Å². The molecule has 5 nitrogen and oxygen atoms in total. The molecule has 1 aliphatic rings. The Morgan fingerprint density at radius 3 is 2.64 bits per heavy atom. The second kappa shape index (κ2) is 10.0. The number of nitrogens with one attached hydrogen (secondary N) is 1. The van der Waals surface area contributed by atoms with E-state index in [0.29, 0.717) is 13.2 Å². The number of likely N-dealkylation sites (tertiary alicyclic amines) is 1. The van der Waals surface area contributed by atoms with Gasteiger partial charge in [-0.2, -0.15) is 0 Å². The number of amides is 1. The number of carbonyl (C=O) groups excluding carboxylic acids is 2. The summed E-state index contributed by atoms with van der Waals surface area (Å²) in [5.74, 6) is -0.335. The van der Waals surface area contributed by atoms with Crippen molar-refractivity contribution in [2.75, 3.05) is 31.6 Å². The van der Waals surface area contributed by atoms with Crippen molar-refractivity contribution in [3.63, 3.8) is 0 Å². The van der Waals surface area contributed by atoms with Crippen LogP contribution in [-0.2, 0) is 20.7 Å². The minimum absolute atomic E-state index is 0.0509. The van der Waals surface area contributed by atoms with Gasteiger partial charge in [0.25, 0.3) is 0 Å². The van der Waals surface area contributed by atoms with Crippen molar-refractivity contribution in [2.45, 2.75) is 26.2 Å². The number of rotatable bonds is 7. The van der Waals surface area contributed by atoms with E-state index < -0.39 is 0 Å². The molecule has 0 aliphatic carbocycles. The van der Waals surface area contributed by atoms with Gasteiger partial charge in [-0.05, 0) is 49.9 Å². The average molecular weight is 380 g/mol. The third kappa shape index (κ3) is 5.67. The third-order valence-electron chi connectivity index (χ3n) is 5.02. The van der Waals surface area contributed by atoms with Crippen molar-refractivity contribution in [1.82, 2.24) is 4.90 Å². The Balaban J connectivity index is 1.58. The Hall–Kier alpha value is -2.66. The molecule has 3 rings (SSSR count). The molecule has 148 valence electrons. The van der Waals surface area contributed by atoms with Crippen LogP contribution in [0.2, 0.25) is 0 Å². The average Bonchev–Trinajstić information content (AvgIpc) is 2.70. The SMILES string of the molecule is CCOC(=O)C1CCCN(CC(=O)Nc2ccccc2Cc2ccccc2)C1. The molecular formula is C23H28N2O3. The second-order valence-electron chi connectivity index (χ2n) is 7.19. The Bertz CT molecular complexity index is 791. The van der Waals surface area contributed by atoms with E-state index in [4.69, 9.17) is 4.74 Å². The van der Waals surface area contributed by atoms with Crippen LogP contribution in [0.25, 0.3) is 0 Å². The lowest BCUT2D eigenvalue weighted by Crippen LogP contribution is -2.43. The number of piperidine rings is 1. The van der Waals surface area contributed by atoms with Gasteiger partial charge < -0.3 is 10.1 Å². The van der Waals surface area contributed by atoms with E-state index in [1.54, 1.807) is 0 Å². The van der Waals surface area contributed by atoms with Crippen LogP contribution in [-0.4, -0.2) is 43.0 Å². The lowest BCUT2D eigenvalue weighted by atomic mass is 9.98. The van der Waals surface area contributed by atoms with E-state index in [2.05, 4.69) is 17.4 Å². The smallest absolute Gasteiger partial charge is 0.310 e. The molecule has 1 aliphatic heterocycles. The number of esters is 1. The van der Waals surface area contributed by atoms with Gasteiger partial charge in [0.15, 0.2) is 0 Å². The fraction of sp³-hybridized carbons (Fsp3) is 0.391. The number of carbonyl (C=O) groups is 2. The number of hydrogen-bond acceptors (Lipinski definition) is 4. The molecule has 1 unspecified atom stereocenters. The van der Waals surface area contributed by atoms with Crippen molar-refractivity contribution in [2.24, 2.45) is 5.92 Å². The summed E-state index contributed by atoms with van der Waals surface area (Å²) < 4.78 is 5.14. The van der Waals surface area contributed by atoms with Gasteiger partial charge in [-0.3, -0.25) is 14.5 Å². The molecule has 1 atom stereocenters. The normalized spacial score (nSPS) is 17.1. The maximum Gasteiger partial charge on any atom is 0.310 e. The summed E-state index contributed by atoms with van der Waals surface area (Å²) in [4.78, 5) is 26.6. The van der Waals surface area contributed by atoms with Crippen LogP contribution in [0, 0.1) is 5.92 Å². The van der Waals surface area contributed by atoms with Crippen LogP contribution in [0.5, 0.6) is 0 Å². The lowest BCUT2D eigenvalue weighted by Gasteiger charge is -2.30. The summed E-state index contributed by atoms with van der Waals surface area (Å²) in [5.41, 5.74) is 3.14. The first-order chi connectivity index (χ1) is 13.7. The van der Waals surface area contributed by atoms with Gasteiger partial charge in [0.05, 0.1) is 19.1 Å². The highest BCUT2D eigenvalue weighted by Gasteiger charge is 2.27. The molecule has 2 aromatic rings. The Labute approximate surface area is 166 Å². The van der Waals surface area contributed by atoms with Gasteiger partial charge in [-0.25, -0.2) is 0 Å². The Morgan fingerprint density at radius 1 is 1.11 bits per heavy atom.